The monoisotopic (exact) mass is 525 g/mol. The van der Waals surface area contributed by atoms with Crippen molar-refractivity contribution >= 4 is 40.0 Å². The molecule has 0 spiro atoms. The van der Waals surface area contributed by atoms with Crippen LogP contribution in [0.15, 0.2) is 44.3 Å². The Morgan fingerprint density at radius 3 is 2.41 bits per heavy atom. The van der Waals surface area contributed by atoms with Crippen molar-refractivity contribution in [1.82, 2.24) is 15.0 Å². The van der Waals surface area contributed by atoms with E-state index >= 15 is 0 Å². The van der Waals surface area contributed by atoms with E-state index in [2.05, 4.69) is 65.3 Å². The molecule has 1 aromatic carbocycles. The van der Waals surface area contributed by atoms with Gasteiger partial charge in [-0.3, -0.25) is 0 Å². The van der Waals surface area contributed by atoms with Crippen LogP contribution in [0.4, 0.5) is 17.8 Å². The van der Waals surface area contributed by atoms with Crippen molar-refractivity contribution in [1.29, 1.82) is 0 Å². The molecule has 0 atom stereocenters. The number of piperidine rings is 1. The predicted molar refractivity (Wildman–Crippen MR) is 137 cm³/mol. The molecule has 178 valence electrons. The Hall–Kier alpha value is -2.98. The SMILES string of the molecule is Cc1ccc(-c2ccc(/C=N/Nc3nc(N4CCCCC4)nc(N4CCOCC4)n3)o2)c(Br)c1. The van der Waals surface area contributed by atoms with E-state index in [-0.39, 0.29) is 0 Å². The molecule has 34 heavy (non-hydrogen) atoms. The molecule has 0 unspecified atom stereocenters. The third-order valence-electron chi connectivity index (χ3n) is 5.92. The normalized spacial score (nSPS) is 16.9. The Balaban J connectivity index is 1.33. The van der Waals surface area contributed by atoms with Gasteiger partial charge in [-0.1, -0.05) is 22.0 Å². The lowest BCUT2D eigenvalue weighted by molar-refractivity contribution is 0.122. The molecule has 0 radical (unpaired) electrons. The summed E-state index contributed by atoms with van der Waals surface area (Å²) in [4.78, 5) is 18.4. The Bertz CT molecular complexity index is 1120. The summed E-state index contributed by atoms with van der Waals surface area (Å²) in [5, 5.41) is 4.33. The van der Waals surface area contributed by atoms with E-state index in [0.717, 1.165) is 54.8 Å². The van der Waals surface area contributed by atoms with Crippen LogP contribution < -0.4 is 15.2 Å². The number of nitrogens with zero attached hydrogens (tertiary/aromatic N) is 6. The Morgan fingerprint density at radius 1 is 0.941 bits per heavy atom. The van der Waals surface area contributed by atoms with E-state index in [1.165, 1.54) is 12.0 Å². The van der Waals surface area contributed by atoms with Gasteiger partial charge in [0.2, 0.25) is 17.8 Å². The Kier molecular flexibility index (Phi) is 7.05. The van der Waals surface area contributed by atoms with E-state index in [1.807, 2.05) is 18.2 Å². The zero-order chi connectivity index (χ0) is 23.3. The van der Waals surface area contributed by atoms with E-state index in [4.69, 9.17) is 14.1 Å². The number of halogens is 1. The molecule has 2 saturated heterocycles. The number of hydrogen-bond donors (Lipinski definition) is 1. The van der Waals surface area contributed by atoms with E-state index < -0.39 is 0 Å². The topological polar surface area (TPSA) is 91.9 Å². The van der Waals surface area contributed by atoms with Gasteiger partial charge in [0.05, 0.1) is 19.4 Å². The number of rotatable bonds is 6. The molecule has 0 saturated carbocycles. The fourth-order valence-corrected chi connectivity index (χ4v) is 4.77. The summed E-state index contributed by atoms with van der Waals surface area (Å²) in [6.07, 6.45) is 5.18. The van der Waals surface area contributed by atoms with Gasteiger partial charge in [0, 0.05) is 36.2 Å². The third kappa shape index (κ3) is 5.39. The van der Waals surface area contributed by atoms with Crippen LogP contribution >= 0.6 is 15.9 Å². The van der Waals surface area contributed by atoms with Crippen molar-refractivity contribution in [2.75, 3.05) is 54.6 Å². The van der Waals surface area contributed by atoms with Crippen molar-refractivity contribution in [3.05, 3.63) is 46.1 Å². The van der Waals surface area contributed by atoms with Gasteiger partial charge >= 0.3 is 0 Å². The molecule has 2 aliphatic heterocycles. The molecule has 2 aromatic heterocycles. The molecule has 0 aliphatic carbocycles. The first-order valence-electron chi connectivity index (χ1n) is 11.6. The molecule has 4 heterocycles. The van der Waals surface area contributed by atoms with Crippen molar-refractivity contribution in [2.45, 2.75) is 26.2 Å². The van der Waals surface area contributed by atoms with Gasteiger partial charge in [0.25, 0.3) is 0 Å². The van der Waals surface area contributed by atoms with Crippen molar-refractivity contribution in [3.8, 4) is 11.3 Å². The maximum Gasteiger partial charge on any atom is 0.250 e. The summed E-state index contributed by atoms with van der Waals surface area (Å²) in [5.41, 5.74) is 5.16. The quantitative estimate of drug-likeness (QED) is 0.372. The lowest BCUT2D eigenvalue weighted by atomic mass is 10.1. The molecule has 0 amide bonds. The number of nitrogens with one attached hydrogen (secondary N) is 1. The molecule has 2 aliphatic rings. The maximum absolute atomic E-state index is 5.96. The largest absolute Gasteiger partial charge is 0.455 e. The van der Waals surface area contributed by atoms with Gasteiger partial charge in [-0.2, -0.15) is 20.1 Å². The number of aryl methyl sites for hydroxylation is 1. The molecule has 10 heteroatoms. The fourth-order valence-electron chi connectivity index (χ4n) is 4.08. The summed E-state index contributed by atoms with van der Waals surface area (Å²) in [5.74, 6) is 3.17. The van der Waals surface area contributed by atoms with Crippen LogP contribution in [-0.2, 0) is 4.74 Å². The highest BCUT2D eigenvalue weighted by atomic mass is 79.9. The standard InChI is InChI=1S/C24H28BrN7O2/c1-17-5-7-19(20(25)15-17)21-8-6-18(34-21)16-26-30-22-27-23(31-9-3-2-4-10-31)29-24(28-22)32-11-13-33-14-12-32/h5-8,15-16H,2-4,9-14H2,1H3,(H,27,28,29,30)/b26-16+. The molecule has 1 N–H and O–H groups in total. The van der Waals surface area contributed by atoms with Crippen LogP contribution in [0.3, 0.4) is 0 Å². The summed E-state index contributed by atoms with van der Waals surface area (Å²) < 4.78 is 12.4. The van der Waals surface area contributed by atoms with E-state index in [9.17, 15) is 0 Å². The van der Waals surface area contributed by atoms with Crippen molar-refractivity contribution < 1.29 is 9.15 Å². The van der Waals surface area contributed by atoms with Gasteiger partial charge in [0.15, 0.2) is 0 Å². The summed E-state index contributed by atoms with van der Waals surface area (Å²) in [6, 6.07) is 9.99. The average molecular weight is 526 g/mol. The minimum Gasteiger partial charge on any atom is -0.455 e. The lowest BCUT2D eigenvalue weighted by Crippen LogP contribution is -2.38. The molecule has 0 bridgehead atoms. The molecule has 9 nitrogen and oxygen atoms in total. The second-order valence-electron chi connectivity index (χ2n) is 8.46. The lowest BCUT2D eigenvalue weighted by Gasteiger charge is -2.30. The second kappa shape index (κ2) is 10.5. The highest BCUT2D eigenvalue weighted by molar-refractivity contribution is 9.10. The van der Waals surface area contributed by atoms with E-state index in [0.29, 0.717) is 36.8 Å². The molecular weight excluding hydrogens is 498 g/mol. The number of ether oxygens (including phenoxy) is 1. The summed E-state index contributed by atoms with van der Waals surface area (Å²) in [7, 11) is 0. The van der Waals surface area contributed by atoms with Gasteiger partial charge in [-0.15, -0.1) is 0 Å². The smallest absolute Gasteiger partial charge is 0.250 e. The Labute approximate surface area is 207 Å². The fraction of sp³-hybridized carbons (Fsp3) is 0.417. The van der Waals surface area contributed by atoms with Crippen molar-refractivity contribution in [2.24, 2.45) is 5.10 Å². The molecular formula is C24H28BrN7O2. The number of benzene rings is 1. The van der Waals surface area contributed by atoms with Gasteiger partial charge < -0.3 is 19.0 Å². The zero-order valence-corrected chi connectivity index (χ0v) is 20.8. The number of anilines is 3. The predicted octanol–water partition coefficient (Wildman–Crippen LogP) is 4.48. The average Bonchev–Trinajstić information content (AvgIpc) is 3.33. The van der Waals surface area contributed by atoms with Crippen molar-refractivity contribution in [3.63, 3.8) is 0 Å². The Morgan fingerprint density at radius 2 is 1.68 bits per heavy atom. The van der Waals surface area contributed by atoms with Gasteiger partial charge in [0.1, 0.15) is 11.5 Å². The summed E-state index contributed by atoms with van der Waals surface area (Å²) in [6.45, 7) is 6.83. The molecule has 2 fully saturated rings. The van der Waals surface area contributed by atoms with E-state index in [1.54, 1.807) is 6.21 Å². The first kappa shape index (κ1) is 22.8. The number of furan rings is 1. The maximum atomic E-state index is 5.96. The number of morpholine rings is 1. The van der Waals surface area contributed by atoms with Gasteiger partial charge in [-0.25, -0.2) is 5.43 Å². The first-order chi connectivity index (χ1) is 16.7. The van der Waals surface area contributed by atoms with Crippen LogP contribution in [0, 0.1) is 6.92 Å². The number of hydrogen-bond acceptors (Lipinski definition) is 9. The molecule has 5 rings (SSSR count). The highest BCUT2D eigenvalue weighted by Crippen LogP contribution is 2.30. The number of aromatic nitrogens is 3. The van der Waals surface area contributed by atoms with Gasteiger partial charge in [-0.05, 0) is 56.0 Å². The van der Waals surface area contributed by atoms with Crippen LogP contribution in [0.5, 0.6) is 0 Å². The second-order valence-corrected chi connectivity index (χ2v) is 9.32. The molecule has 3 aromatic rings. The van der Waals surface area contributed by atoms with Crippen LogP contribution in [0.25, 0.3) is 11.3 Å². The summed E-state index contributed by atoms with van der Waals surface area (Å²) >= 11 is 3.61. The first-order valence-corrected chi connectivity index (χ1v) is 12.4. The van der Waals surface area contributed by atoms with Crippen LogP contribution in [-0.4, -0.2) is 60.6 Å². The van der Waals surface area contributed by atoms with Crippen LogP contribution in [0.2, 0.25) is 0 Å². The minimum absolute atomic E-state index is 0.418. The third-order valence-corrected chi connectivity index (χ3v) is 6.57. The number of hydrazone groups is 1. The van der Waals surface area contributed by atoms with Crippen LogP contribution in [0.1, 0.15) is 30.6 Å². The highest BCUT2D eigenvalue weighted by Gasteiger charge is 2.20. The zero-order valence-electron chi connectivity index (χ0n) is 19.2. The minimum atomic E-state index is 0.418.